The van der Waals surface area contributed by atoms with Crippen LogP contribution in [0.3, 0.4) is 0 Å². The molecule has 0 atom stereocenters. The number of imidazole rings is 1. The quantitative estimate of drug-likeness (QED) is 0.723. The van der Waals surface area contributed by atoms with Crippen LogP contribution >= 0.6 is 0 Å². The van der Waals surface area contributed by atoms with Gasteiger partial charge in [-0.2, -0.15) is 15.0 Å². The predicted molar refractivity (Wildman–Crippen MR) is 78.1 cm³/mol. The molecule has 0 saturated carbocycles. The van der Waals surface area contributed by atoms with E-state index in [2.05, 4.69) is 35.6 Å². The minimum atomic E-state index is 0.476. The van der Waals surface area contributed by atoms with Gasteiger partial charge in [0.25, 0.3) is 0 Å². The van der Waals surface area contributed by atoms with Crippen LogP contribution in [0.1, 0.15) is 5.69 Å². The fourth-order valence-corrected chi connectivity index (χ4v) is 1.72. The van der Waals surface area contributed by atoms with Crippen molar-refractivity contribution in [3.8, 4) is 5.95 Å². The van der Waals surface area contributed by atoms with Crippen molar-refractivity contribution in [3.05, 3.63) is 48.8 Å². The summed E-state index contributed by atoms with van der Waals surface area (Å²) in [5, 5.41) is 6.06. The zero-order valence-corrected chi connectivity index (χ0v) is 11.4. The largest absolute Gasteiger partial charge is 0.357 e. The third-order valence-corrected chi connectivity index (χ3v) is 2.74. The molecule has 0 radical (unpaired) electrons. The third kappa shape index (κ3) is 3.11. The number of hydrogen-bond acceptors (Lipinski definition) is 7. The first kappa shape index (κ1) is 13.0. The van der Waals surface area contributed by atoms with E-state index >= 15 is 0 Å². The van der Waals surface area contributed by atoms with Crippen LogP contribution in [0.2, 0.25) is 0 Å². The van der Waals surface area contributed by atoms with E-state index in [0.717, 1.165) is 5.69 Å². The minimum absolute atomic E-state index is 0.476. The molecule has 8 nitrogen and oxygen atoms in total. The van der Waals surface area contributed by atoms with E-state index in [1.54, 1.807) is 36.5 Å². The molecule has 0 aliphatic heterocycles. The van der Waals surface area contributed by atoms with E-state index in [4.69, 9.17) is 0 Å². The van der Waals surface area contributed by atoms with Crippen LogP contribution < -0.4 is 10.6 Å². The van der Waals surface area contributed by atoms with Crippen molar-refractivity contribution >= 4 is 11.9 Å². The number of rotatable bonds is 5. The summed E-state index contributed by atoms with van der Waals surface area (Å²) in [4.78, 5) is 21.1. The molecule has 2 N–H and O–H groups in total. The minimum Gasteiger partial charge on any atom is -0.357 e. The second kappa shape index (κ2) is 5.95. The van der Waals surface area contributed by atoms with Crippen LogP contribution in [0.4, 0.5) is 11.9 Å². The Balaban J connectivity index is 1.83. The van der Waals surface area contributed by atoms with Gasteiger partial charge >= 0.3 is 0 Å². The molecule has 0 aliphatic rings. The van der Waals surface area contributed by atoms with Gasteiger partial charge in [0.15, 0.2) is 0 Å². The van der Waals surface area contributed by atoms with Gasteiger partial charge in [-0.1, -0.05) is 6.07 Å². The van der Waals surface area contributed by atoms with Gasteiger partial charge in [0.2, 0.25) is 17.8 Å². The van der Waals surface area contributed by atoms with Gasteiger partial charge < -0.3 is 10.6 Å². The van der Waals surface area contributed by atoms with Crippen molar-refractivity contribution in [2.45, 2.75) is 6.54 Å². The Labute approximate surface area is 121 Å². The van der Waals surface area contributed by atoms with E-state index in [1.807, 2.05) is 18.2 Å². The lowest BCUT2D eigenvalue weighted by Gasteiger charge is -2.08. The van der Waals surface area contributed by atoms with Gasteiger partial charge in [0.05, 0.1) is 12.2 Å². The van der Waals surface area contributed by atoms with Crippen molar-refractivity contribution < 1.29 is 0 Å². The Kier molecular flexibility index (Phi) is 3.68. The fraction of sp³-hybridized carbons (Fsp3) is 0.154. The maximum Gasteiger partial charge on any atom is 0.241 e. The standard InChI is InChI=1S/C13H14N8/c1-14-11-18-12(17-8-10-4-2-3-5-16-10)20-13(19-11)21-7-6-15-9-21/h2-7,9H,8H2,1H3,(H2,14,17,18,19,20). The lowest BCUT2D eigenvalue weighted by molar-refractivity contribution is 0.887. The Hall–Kier alpha value is -3.03. The maximum atomic E-state index is 4.36. The molecule has 8 heteroatoms. The number of anilines is 2. The molecule has 0 unspecified atom stereocenters. The Bertz CT molecular complexity index is 695. The second-order valence-corrected chi connectivity index (χ2v) is 4.18. The lowest BCUT2D eigenvalue weighted by Crippen LogP contribution is -2.11. The molecule has 3 aromatic heterocycles. The number of nitrogens with one attached hydrogen (secondary N) is 2. The van der Waals surface area contributed by atoms with Gasteiger partial charge in [0, 0.05) is 25.6 Å². The highest BCUT2D eigenvalue weighted by Gasteiger charge is 2.07. The predicted octanol–water partition coefficient (Wildman–Crippen LogP) is 1.11. The summed E-state index contributed by atoms with van der Waals surface area (Å²) in [7, 11) is 1.76. The van der Waals surface area contributed by atoms with Gasteiger partial charge in [-0.05, 0) is 12.1 Å². The molecule has 0 aliphatic carbocycles. The fourth-order valence-electron chi connectivity index (χ4n) is 1.72. The van der Waals surface area contributed by atoms with E-state index < -0.39 is 0 Å². The van der Waals surface area contributed by atoms with E-state index in [1.165, 1.54) is 0 Å². The summed E-state index contributed by atoms with van der Waals surface area (Å²) in [5.74, 6) is 1.45. The summed E-state index contributed by atoms with van der Waals surface area (Å²) >= 11 is 0. The van der Waals surface area contributed by atoms with Crippen LogP contribution in [0.5, 0.6) is 0 Å². The van der Waals surface area contributed by atoms with Crippen molar-refractivity contribution in [2.24, 2.45) is 0 Å². The number of aromatic nitrogens is 6. The number of pyridine rings is 1. The first-order valence-corrected chi connectivity index (χ1v) is 6.41. The Morgan fingerprint density at radius 1 is 1.10 bits per heavy atom. The van der Waals surface area contributed by atoms with Crippen molar-refractivity contribution in [1.82, 2.24) is 29.5 Å². The maximum absolute atomic E-state index is 4.36. The van der Waals surface area contributed by atoms with E-state index in [-0.39, 0.29) is 0 Å². The molecule has 3 rings (SSSR count). The topological polar surface area (TPSA) is 93.4 Å². The van der Waals surface area contributed by atoms with Gasteiger partial charge in [-0.25, -0.2) is 4.98 Å². The Morgan fingerprint density at radius 2 is 2.00 bits per heavy atom. The van der Waals surface area contributed by atoms with Crippen LogP contribution in [-0.4, -0.2) is 36.5 Å². The number of hydrogen-bond donors (Lipinski definition) is 2. The number of nitrogens with zero attached hydrogens (tertiary/aromatic N) is 6. The van der Waals surface area contributed by atoms with Crippen LogP contribution in [-0.2, 0) is 6.54 Å². The van der Waals surface area contributed by atoms with Crippen molar-refractivity contribution in [2.75, 3.05) is 17.7 Å². The highest BCUT2D eigenvalue weighted by molar-refractivity contribution is 5.37. The summed E-state index contributed by atoms with van der Waals surface area (Å²) in [6.07, 6.45) is 6.83. The monoisotopic (exact) mass is 282 g/mol. The normalized spacial score (nSPS) is 10.3. The smallest absolute Gasteiger partial charge is 0.241 e. The average Bonchev–Trinajstić information content (AvgIpc) is 3.08. The summed E-state index contributed by atoms with van der Waals surface area (Å²) < 4.78 is 1.72. The molecule has 0 saturated heterocycles. The highest BCUT2D eigenvalue weighted by Crippen LogP contribution is 2.09. The van der Waals surface area contributed by atoms with E-state index in [0.29, 0.717) is 24.4 Å². The summed E-state index contributed by atoms with van der Waals surface area (Å²) in [6.45, 7) is 0.539. The molecular weight excluding hydrogens is 268 g/mol. The van der Waals surface area contributed by atoms with Gasteiger partial charge in [0.1, 0.15) is 6.33 Å². The summed E-state index contributed by atoms with van der Waals surface area (Å²) in [6, 6.07) is 5.75. The third-order valence-electron chi connectivity index (χ3n) is 2.74. The molecule has 3 heterocycles. The first-order valence-electron chi connectivity index (χ1n) is 6.41. The first-order chi connectivity index (χ1) is 10.3. The Morgan fingerprint density at radius 3 is 2.71 bits per heavy atom. The molecule has 3 aromatic rings. The van der Waals surface area contributed by atoms with Crippen LogP contribution in [0.25, 0.3) is 5.95 Å². The van der Waals surface area contributed by atoms with Crippen molar-refractivity contribution in [1.29, 1.82) is 0 Å². The highest BCUT2D eigenvalue weighted by atomic mass is 15.3. The second-order valence-electron chi connectivity index (χ2n) is 4.18. The van der Waals surface area contributed by atoms with E-state index in [9.17, 15) is 0 Å². The summed E-state index contributed by atoms with van der Waals surface area (Å²) in [5.41, 5.74) is 0.910. The van der Waals surface area contributed by atoms with Crippen LogP contribution in [0, 0.1) is 0 Å². The lowest BCUT2D eigenvalue weighted by atomic mass is 10.3. The molecule has 0 bridgehead atoms. The molecule has 0 amide bonds. The van der Waals surface area contributed by atoms with Gasteiger partial charge in [-0.15, -0.1) is 0 Å². The molecule has 0 spiro atoms. The van der Waals surface area contributed by atoms with Crippen molar-refractivity contribution in [3.63, 3.8) is 0 Å². The zero-order chi connectivity index (χ0) is 14.5. The zero-order valence-electron chi connectivity index (χ0n) is 11.4. The molecular formula is C13H14N8. The van der Waals surface area contributed by atoms with Gasteiger partial charge in [-0.3, -0.25) is 9.55 Å². The SMILES string of the molecule is CNc1nc(NCc2ccccn2)nc(-n2ccnc2)n1. The van der Waals surface area contributed by atoms with Crippen LogP contribution in [0.15, 0.2) is 43.1 Å². The molecule has 106 valence electrons. The average molecular weight is 282 g/mol. The molecule has 0 aromatic carbocycles. The molecule has 0 fully saturated rings. The molecule has 21 heavy (non-hydrogen) atoms.